The zero-order chi connectivity index (χ0) is 68.5. The van der Waals surface area contributed by atoms with Gasteiger partial charge in [0.2, 0.25) is 23.6 Å². The Labute approximate surface area is 524 Å². The molecule has 4 heterocycles. The molecule has 0 saturated carbocycles. The van der Waals surface area contributed by atoms with Crippen LogP contribution in [0.2, 0.25) is 0 Å². The molecule has 4 saturated heterocycles. The third-order valence-electron chi connectivity index (χ3n) is 12.8. The Morgan fingerprint density at radius 3 is 0.557 bits per heavy atom. The normalized spacial score (nSPS) is 24.0. The topological polar surface area (TPSA) is 339 Å². The maximum atomic E-state index is 12.4. The second kappa shape index (κ2) is 33.7. The van der Waals surface area contributed by atoms with E-state index in [4.69, 9.17) is 37.9 Å². The molecule has 512 valence electrons. The van der Waals surface area contributed by atoms with Crippen LogP contribution in [-0.2, 0) is 76.3 Å². The summed E-state index contributed by atoms with van der Waals surface area (Å²) in [4.78, 5) is 98.2. The minimum Gasteiger partial charge on any atom is -0.458 e. The highest BCUT2D eigenvalue weighted by Crippen LogP contribution is 2.28. The first-order valence-corrected chi connectivity index (χ1v) is 30.7. The fourth-order valence-electron chi connectivity index (χ4n) is 9.16. The van der Waals surface area contributed by atoms with E-state index in [-0.39, 0.29) is 124 Å². The molecule has 4 aliphatic rings. The predicted octanol–water partition coefficient (Wildman–Crippen LogP) is 5.03. The molecule has 4 aliphatic heterocycles. The molecule has 8 N–H and O–H groups in total. The smallest absolute Gasteiger partial charge is 0.329 e. The van der Waals surface area contributed by atoms with E-state index in [2.05, 4.69) is 21.3 Å². The highest BCUT2D eigenvalue weighted by Gasteiger charge is 2.45. The van der Waals surface area contributed by atoms with Gasteiger partial charge in [-0.3, -0.25) is 19.2 Å². The summed E-state index contributed by atoms with van der Waals surface area (Å²) in [5.41, 5.74) is -3.38. The fourth-order valence-corrected chi connectivity index (χ4v) is 9.16. The molecule has 0 aromatic carbocycles. The lowest BCUT2D eigenvalue weighted by atomic mass is 9.90. The molecular formula is C64H116N4O20. The van der Waals surface area contributed by atoms with E-state index >= 15 is 0 Å². The number of rotatable bonds is 16. The van der Waals surface area contributed by atoms with Gasteiger partial charge in [-0.1, -0.05) is 83.1 Å². The van der Waals surface area contributed by atoms with Crippen molar-refractivity contribution in [1.29, 1.82) is 0 Å². The number of hydrogen-bond acceptors (Lipinski definition) is 20. The van der Waals surface area contributed by atoms with Gasteiger partial charge < -0.3 is 79.6 Å². The van der Waals surface area contributed by atoms with Crippen LogP contribution in [-0.4, -0.2) is 192 Å². The summed E-state index contributed by atoms with van der Waals surface area (Å²) in [5, 5.41) is 50.7. The second-order valence-corrected chi connectivity index (χ2v) is 32.3. The Morgan fingerprint density at radius 1 is 0.307 bits per heavy atom. The van der Waals surface area contributed by atoms with Gasteiger partial charge in [-0.05, 0) is 105 Å². The van der Waals surface area contributed by atoms with E-state index in [9.17, 15) is 58.8 Å². The molecule has 24 nitrogen and oxygen atoms in total. The van der Waals surface area contributed by atoms with Crippen molar-refractivity contribution in [2.24, 2.45) is 45.3 Å². The molecule has 12 atom stereocenters. The maximum Gasteiger partial charge on any atom is 0.329 e. The van der Waals surface area contributed by atoms with Gasteiger partial charge in [0.1, 0.15) is 46.6 Å². The lowest BCUT2D eigenvalue weighted by molar-refractivity contribution is -0.162. The van der Waals surface area contributed by atoms with Crippen molar-refractivity contribution < 1.29 is 96.7 Å². The average molecular weight is 1260 g/mol. The number of nitrogens with one attached hydrogen (secondary N) is 4. The minimum atomic E-state index is -0.897. The Bertz CT molecular complexity index is 1940. The van der Waals surface area contributed by atoms with Crippen LogP contribution in [0.25, 0.3) is 0 Å². The molecule has 88 heavy (non-hydrogen) atoms. The molecule has 0 aliphatic carbocycles. The Morgan fingerprint density at radius 2 is 0.455 bits per heavy atom. The van der Waals surface area contributed by atoms with Crippen molar-refractivity contribution in [3.8, 4) is 0 Å². The van der Waals surface area contributed by atoms with Crippen molar-refractivity contribution in [2.45, 2.75) is 263 Å². The van der Waals surface area contributed by atoms with Crippen LogP contribution in [0.1, 0.15) is 192 Å². The van der Waals surface area contributed by atoms with E-state index in [1.165, 1.54) is 0 Å². The highest BCUT2D eigenvalue weighted by molar-refractivity contribution is 5.87. The van der Waals surface area contributed by atoms with Crippen LogP contribution in [0.4, 0.5) is 0 Å². The third kappa shape index (κ3) is 34.6. The van der Waals surface area contributed by atoms with Crippen molar-refractivity contribution in [3.05, 3.63) is 0 Å². The number of carbonyl (C=O) groups is 8. The summed E-state index contributed by atoms with van der Waals surface area (Å²) in [6, 6.07) is -3.59. The van der Waals surface area contributed by atoms with Crippen molar-refractivity contribution >= 4 is 47.5 Å². The number of aliphatic hydroxyl groups is 4. The monoisotopic (exact) mass is 1260 g/mol. The first-order valence-electron chi connectivity index (χ1n) is 30.7. The minimum absolute atomic E-state index is 0.166. The zero-order valence-corrected chi connectivity index (χ0v) is 57.7. The van der Waals surface area contributed by atoms with E-state index in [1.54, 1.807) is 83.1 Å². The maximum absolute atomic E-state index is 12.4. The number of aliphatic hydroxyl groups excluding tert-OH is 4. The first kappa shape index (κ1) is 81.5. The van der Waals surface area contributed by atoms with E-state index < -0.39 is 119 Å². The molecule has 0 aromatic rings. The Hall–Kier alpha value is -4.56. The number of hydrogen-bond donors (Lipinski definition) is 8. The van der Waals surface area contributed by atoms with Crippen molar-refractivity contribution in [3.63, 3.8) is 0 Å². The number of carbonyl (C=O) groups excluding carboxylic acids is 8. The third-order valence-corrected chi connectivity index (χ3v) is 12.8. The molecule has 0 radical (unpaired) electrons. The van der Waals surface area contributed by atoms with Crippen molar-refractivity contribution in [2.75, 3.05) is 52.9 Å². The van der Waals surface area contributed by atoms with Gasteiger partial charge in [0.15, 0.2) is 0 Å². The van der Waals surface area contributed by atoms with Crippen LogP contribution < -0.4 is 21.3 Å². The Kier molecular flexibility index (Phi) is 31.2. The molecule has 4 rings (SSSR count). The van der Waals surface area contributed by atoms with Gasteiger partial charge in [-0.2, -0.15) is 0 Å². The lowest BCUT2D eigenvalue weighted by Crippen LogP contribution is -2.52. The summed E-state index contributed by atoms with van der Waals surface area (Å²) in [6.07, 6.45) is -1.99. The van der Waals surface area contributed by atoms with Crippen LogP contribution in [0.15, 0.2) is 0 Å². The van der Waals surface area contributed by atoms with Crippen molar-refractivity contribution in [1.82, 2.24) is 21.3 Å². The standard InChI is InChI=1S/4C16H29NO5/c4*1-15(2,3)7-12(19)17-13(10-8-21-9-11(10)18)14(20)22-16(4,5)6/h4*10-11,13,18H,7-9H2,1-6H3,(H,17,19)/t2*10-,11-,13+;2*10-,11-,13-/m1010/s1. The zero-order valence-electron chi connectivity index (χ0n) is 57.7. The van der Waals surface area contributed by atoms with Gasteiger partial charge in [0.25, 0.3) is 0 Å². The van der Waals surface area contributed by atoms with E-state index in [1.807, 2.05) is 83.1 Å². The van der Waals surface area contributed by atoms with Crippen LogP contribution in [0.5, 0.6) is 0 Å². The van der Waals surface area contributed by atoms with Crippen LogP contribution >= 0.6 is 0 Å². The molecular weight excluding hydrogens is 1140 g/mol. The number of ether oxygens (including phenoxy) is 8. The summed E-state index contributed by atoms with van der Waals surface area (Å²) in [5.74, 6) is -5.04. The molecule has 24 heteroatoms. The predicted molar refractivity (Wildman–Crippen MR) is 329 cm³/mol. The van der Waals surface area contributed by atoms with Gasteiger partial charge in [-0.15, -0.1) is 0 Å². The summed E-state index contributed by atoms with van der Waals surface area (Å²) in [6.45, 7) is 46.1. The van der Waals surface area contributed by atoms with Gasteiger partial charge >= 0.3 is 23.9 Å². The lowest BCUT2D eigenvalue weighted by Gasteiger charge is -2.29. The average Bonchev–Trinajstić information content (AvgIpc) is 4.11. The molecule has 0 aromatic heterocycles. The highest BCUT2D eigenvalue weighted by atomic mass is 16.6. The summed E-state index contributed by atoms with van der Waals surface area (Å²) in [7, 11) is 0. The summed E-state index contributed by atoms with van der Waals surface area (Å²) < 4.78 is 42.3. The summed E-state index contributed by atoms with van der Waals surface area (Å²) >= 11 is 0. The van der Waals surface area contributed by atoms with E-state index in [0.29, 0.717) is 0 Å². The Balaban J connectivity index is 0.000000587. The SMILES string of the molecule is CC(C)(C)CC(=O)N[C@@H](C(=O)OC(C)(C)C)[C@@H]1COC[C@H]1O.CC(C)(C)CC(=O)N[C@@H](C(=O)OC(C)(C)C)[C@H]1COC[C@@H]1O.CC(C)(C)CC(=O)N[C@H](C(=O)OC(C)(C)C)[C@@H]1COC[C@H]1O.CC(C)(C)CC(=O)N[C@H](C(=O)OC(C)(C)C)[C@H]1COC[C@@H]1O. The molecule has 0 spiro atoms. The quantitative estimate of drug-likeness (QED) is 0.0742. The fraction of sp³-hybridized carbons (Fsp3) is 0.875. The number of esters is 4. The van der Waals surface area contributed by atoms with Gasteiger partial charge in [0.05, 0.1) is 77.3 Å². The first-order chi connectivity index (χ1) is 39.6. The second-order valence-electron chi connectivity index (χ2n) is 32.3. The largest absolute Gasteiger partial charge is 0.458 e. The molecule has 4 fully saturated rings. The number of amides is 4. The van der Waals surface area contributed by atoms with Gasteiger partial charge in [-0.25, -0.2) is 19.2 Å². The van der Waals surface area contributed by atoms with Gasteiger partial charge in [0, 0.05) is 49.4 Å². The van der Waals surface area contributed by atoms with E-state index in [0.717, 1.165) is 0 Å². The molecule has 0 unspecified atom stereocenters. The molecule has 4 amide bonds. The van der Waals surface area contributed by atoms with Crippen LogP contribution in [0, 0.1) is 45.3 Å². The van der Waals surface area contributed by atoms with Crippen LogP contribution in [0.3, 0.4) is 0 Å². The molecule has 0 bridgehead atoms.